The Morgan fingerprint density at radius 3 is 1.93 bits per heavy atom. The van der Waals surface area contributed by atoms with Crippen LogP contribution < -0.4 is 21.7 Å². The molecule has 3 amide bonds. The summed E-state index contributed by atoms with van der Waals surface area (Å²) in [6, 6.07) is -4.75. The van der Waals surface area contributed by atoms with Crippen LogP contribution in [0.5, 0.6) is 0 Å². The summed E-state index contributed by atoms with van der Waals surface area (Å²) in [6.45, 7) is 1.97. The molecule has 0 spiro atoms. The average Bonchev–Trinajstić information content (AvgIpc) is 2.65. The molecule has 0 aliphatic carbocycles. The van der Waals surface area contributed by atoms with Crippen molar-refractivity contribution < 1.29 is 34.5 Å². The number of carbonyl (C=O) groups excluding carboxylic acids is 3. The average molecular weight is 423 g/mol. The highest BCUT2D eigenvalue weighted by atomic mass is 32.2. The maximum Gasteiger partial charge on any atom is 0.328 e. The van der Waals surface area contributed by atoms with Gasteiger partial charge in [0.05, 0.1) is 13.2 Å². The van der Waals surface area contributed by atoms with E-state index in [1.807, 2.05) is 0 Å². The second kappa shape index (κ2) is 13.3. The van der Waals surface area contributed by atoms with Gasteiger partial charge < -0.3 is 37.0 Å². The zero-order valence-electron chi connectivity index (χ0n) is 16.2. The van der Waals surface area contributed by atoms with Crippen LogP contribution in [0.4, 0.5) is 0 Å². The minimum absolute atomic E-state index is 0.214. The zero-order chi connectivity index (χ0) is 21.9. The molecular formula is C16H30N4O7S. The summed E-state index contributed by atoms with van der Waals surface area (Å²) in [5.41, 5.74) is 5.44. The lowest BCUT2D eigenvalue weighted by Crippen LogP contribution is -2.59. The lowest BCUT2D eigenvalue weighted by molar-refractivity contribution is -0.143. The van der Waals surface area contributed by atoms with Crippen molar-refractivity contribution >= 4 is 35.5 Å². The Hall–Kier alpha value is -1.89. The van der Waals surface area contributed by atoms with Crippen molar-refractivity contribution in [1.29, 1.82) is 0 Å². The number of amides is 3. The molecule has 0 aliphatic heterocycles. The van der Waals surface area contributed by atoms with Crippen LogP contribution in [0.25, 0.3) is 0 Å². The minimum atomic E-state index is -1.50. The molecule has 0 saturated heterocycles. The van der Waals surface area contributed by atoms with Crippen LogP contribution in [-0.4, -0.2) is 88.4 Å². The summed E-state index contributed by atoms with van der Waals surface area (Å²) < 4.78 is 0. The van der Waals surface area contributed by atoms with Gasteiger partial charge >= 0.3 is 5.97 Å². The standard InChI is InChI=1S/C16H30N4O7S/c1-8(2)12(20-13(23)9(17)6-21)15(25)18-10(4-5-28-3)14(24)19-11(7-22)16(26)27/h8-12,21-22H,4-7,17H2,1-3H3,(H,18,25)(H,19,24)(H,20,23)(H,26,27). The van der Waals surface area contributed by atoms with E-state index < -0.39 is 61.1 Å². The van der Waals surface area contributed by atoms with Crippen molar-refractivity contribution in [2.45, 2.75) is 44.4 Å². The van der Waals surface area contributed by atoms with Gasteiger partial charge in [-0.15, -0.1) is 0 Å². The molecule has 11 nitrogen and oxygen atoms in total. The number of thioether (sulfide) groups is 1. The summed E-state index contributed by atoms with van der Waals surface area (Å²) in [4.78, 5) is 47.9. The van der Waals surface area contributed by atoms with E-state index in [0.717, 1.165) is 0 Å². The number of aliphatic hydroxyl groups is 2. The number of carboxylic acids is 1. The lowest BCUT2D eigenvalue weighted by atomic mass is 10.0. The predicted molar refractivity (Wildman–Crippen MR) is 103 cm³/mol. The first kappa shape index (κ1) is 26.1. The molecule has 0 saturated carbocycles. The molecule has 0 aromatic rings. The number of carboxylic acid groups (broad SMARTS) is 1. The van der Waals surface area contributed by atoms with Crippen LogP contribution >= 0.6 is 11.8 Å². The Morgan fingerprint density at radius 2 is 1.50 bits per heavy atom. The maximum atomic E-state index is 12.6. The highest BCUT2D eigenvalue weighted by molar-refractivity contribution is 7.98. The molecule has 0 fully saturated rings. The first-order valence-corrected chi connectivity index (χ1v) is 10.1. The second-order valence-corrected chi connectivity index (χ2v) is 7.43. The fourth-order valence-electron chi connectivity index (χ4n) is 2.10. The molecule has 0 rings (SSSR count). The van der Waals surface area contributed by atoms with Gasteiger partial charge in [0.1, 0.15) is 24.2 Å². The molecule has 0 bridgehead atoms. The van der Waals surface area contributed by atoms with Crippen LogP contribution in [0.1, 0.15) is 20.3 Å². The molecule has 0 radical (unpaired) electrons. The molecule has 12 heteroatoms. The van der Waals surface area contributed by atoms with Gasteiger partial charge in [-0.05, 0) is 24.3 Å². The molecule has 4 atom stereocenters. The Morgan fingerprint density at radius 1 is 0.929 bits per heavy atom. The number of aliphatic hydroxyl groups excluding tert-OH is 2. The quantitative estimate of drug-likeness (QED) is 0.165. The Labute approximate surface area is 167 Å². The normalized spacial score (nSPS) is 15.2. The molecule has 8 N–H and O–H groups in total. The van der Waals surface area contributed by atoms with Gasteiger partial charge in [0, 0.05) is 0 Å². The van der Waals surface area contributed by atoms with E-state index in [1.54, 1.807) is 20.1 Å². The van der Waals surface area contributed by atoms with Crippen molar-refractivity contribution in [1.82, 2.24) is 16.0 Å². The second-order valence-electron chi connectivity index (χ2n) is 6.44. The largest absolute Gasteiger partial charge is 0.480 e. The van der Waals surface area contributed by atoms with Gasteiger partial charge in [0.25, 0.3) is 0 Å². The number of rotatable bonds is 13. The fourth-order valence-corrected chi connectivity index (χ4v) is 2.57. The summed E-state index contributed by atoms with van der Waals surface area (Å²) in [5.74, 6) is -3.37. The van der Waals surface area contributed by atoms with Gasteiger partial charge in [-0.1, -0.05) is 13.8 Å². The minimum Gasteiger partial charge on any atom is -0.480 e. The van der Waals surface area contributed by atoms with Gasteiger partial charge in [-0.25, -0.2) is 4.79 Å². The van der Waals surface area contributed by atoms with Crippen LogP contribution in [0, 0.1) is 5.92 Å². The summed E-state index contributed by atoms with van der Waals surface area (Å²) in [5, 5.41) is 34.1. The highest BCUT2D eigenvalue weighted by Crippen LogP contribution is 2.06. The number of hydrogen-bond donors (Lipinski definition) is 7. The van der Waals surface area contributed by atoms with Gasteiger partial charge in [0.15, 0.2) is 0 Å². The fraction of sp³-hybridized carbons (Fsp3) is 0.750. The van der Waals surface area contributed by atoms with E-state index in [9.17, 15) is 19.2 Å². The summed E-state index contributed by atoms with van der Waals surface area (Å²) >= 11 is 1.43. The number of nitrogens with two attached hydrogens (primary N) is 1. The van der Waals surface area contributed by atoms with Gasteiger partial charge in [-0.3, -0.25) is 14.4 Å². The number of nitrogens with one attached hydrogen (secondary N) is 3. The van der Waals surface area contributed by atoms with Crippen LogP contribution in [0.3, 0.4) is 0 Å². The van der Waals surface area contributed by atoms with E-state index in [0.29, 0.717) is 5.75 Å². The first-order chi connectivity index (χ1) is 13.1. The Balaban J connectivity index is 5.25. The van der Waals surface area contributed by atoms with Crippen molar-refractivity contribution in [3.05, 3.63) is 0 Å². The molecule has 0 aromatic heterocycles. The van der Waals surface area contributed by atoms with Crippen LogP contribution in [0.15, 0.2) is 0 Å². The third-order valence-electron chi connectivity index (χ3n) is 3.82. The van der Waals surface area contributed by atoms with Crippen molar-refractivity contribution in [3.63, 3.8) is 0 Å². The van der Waals surface area contributed by atoms with Crippen LogP contribution in [-0.2, 0) is 19.2 Å². The van der Waals surface area contributed by atoms with E-state index in [1.165, 1.54) is 11.8 Å². The van der Waals surface area contributed by atoms with Crippen molar-refractivity contribution in [3.8, 4) is 0 Å². The number of aliphatic carboxylic acids is 1. The molecule has 0 heterocycles. The first-order valence-electron chi connectivity index (χ1n) is 8.69. The van der Waals surface area contributed by atoms with Crippen LogP contribution in [0.2, 0.25) is 0 Å². The van der Waals surface area contributed by atoms with Gasteiger partial charge in [-0.2, -0.15) is 11.8 Å². The molecule has 0 aliphatic rings. The predicted octanol–water partition coefficient (Wildman–Crippen LogP) is -2.75. The summed E-state index contributed by atoms with van der Waals surface area (Å²) in [6.07, 6.45) is 2.02. The lowest BCUT2D eigenvalue weighted by Gasteiger charge is -2.26. The van der Waals surface area contributed by atoms with E-state index in [2.05, 4.69) is 16.0 Å². The smallest absolute Gasteiger partial charge is 0.328 e. The molecule has 162 valence electrons. The monoisotopic (exact) mass is 422 g/mol. The van der Waals surface area contributed by atoms with E-state index >= 15 is 0 Å². The summed E-state index contributed by atoms with van der Waals surface area (Å²) in [7, 11) is 0. The van der Waals surface area contributed by atoms with Gasteiger partial charge in [0.2, 0.25) is 17.7 Å². The highest BCUT2D eigenvalue weighted by Gasteiger charge is 2.31. The SMILES string of the molecule is CSCCC(NC(=O)C(NC(=O)C(N)CO)C(C)C)C(=O)NC(CO)C(=O)O. The molecule has 0 aromatic carbocycles. The Kier molecular flexibility index (Phi) is 12.4. The molecule has 28 heavy (non-hydrogen) atoms. The van der Waals surface area contributed by atoms with E-state index in [4.69, 9.17) is 21.1 Å². The molecule has 4 unspecified atom stereocenters. The molecular weight excluding hydrogens is 392 g/mol. The van der Waals surface area contributed by atoms with Crippen molar-refractivity contribution in [2.24, 2.45) is 11.7 Å². The number of carbonyl (C=O) groups is 4. The Bertz CT molecular complexity index is 547. The third-order valence-corrected chi connectivity index (χ3v) is 4.47. The van der Waals surface area contributed by atoms with E-state index in [-0.39, 0.29) is 12.3 Å². The topological polar surface area (TPSA) is 191 Å². The maximum absolute atomic E-state index is 12.6. The zero-order valence-corrected chi connectivity index (χ0v) is 17.0. The van der Waals surface area contributed by atoms with Crippen molar-refractivity contribution in [2.75, 3.05) is 25.2 Å². The third kappa shape index (κ3) is 8.87. The number of hydrogen-bond acceptors (Lipinski definition) is 8.